The summed E-state index contributed by atoms with van der Waals surface area (Å²) in [6.07, 6.45) is 66.3. The Balaban J connectivity index is 0.000000125. The monoisotopic (exact) mass is 1420 g/mol. The Bertz CT molecular complexity index is 2490. The minimum atomic E-state index is 0.504. The average Bonchev–Trinajstić information content (AvgIpc) is 1.61. The van der Waals surface area contributed by atoms with Gasteiger partial charge in [0, 0.05) is 0 Å². The highest BCUT2D eigenvalue weighted by Gasteiger charge is 2.50. The molecule has 0 bridgehead atoms. The maximum Gasteiger partial charge on any atom is -0.0176 e. The van der Waals surface area contributed by atoms with Crippen LogP contribution in [0.25, 0.3) is 0 Å². The molecule has 0 radical (unpaired) electrons. The van der Waals surface area contributed by atoms with Crippen molar-refractivity contribution in [3.63, 3.8) is 0 Å². The first-order valence-electron chi connectivity index (χ1n) is 47.6. The van der Waals surface area contributed by atoms with Crippen molar-refractivity contribution in [1.82, 2.24) is 0 Å². The van der Waals surface area contributed by atoms with Crippen LogP contribution in [0.5, 0.6) is 0 Å². The summed E-state index contributed by atoms with van der Waals surface area (Å²) < 4.78 is 0. The summed E-state index contributed by atoms with van der Waals surface area (Å²) in [5, 5.41) is 0. The van der Waals surface area contributed by atoms with Crippen LogP contribution in [0.3, 0.4) is 0 Å². The fraction of sp³-hybridized carbons (Fsp3) is 0.961. The highest BCUT2D eigenvalue weighted by atomic mass is 14.6. The number of hydrogen-bond acceptors (Lipinski definition) is 0. The van der Waals surface area contributed by atoms with Gasteiger partial charge in [0.05, 0.1) is 0 Å². The Labute approximate surface area is 647 Å². The maximum absolute atomic E-state index is 2.55. The lowest BCUT2D eigenvalue weighted by Gasteiger charge is -2.45. The van der Waals surface area contributed by atoms with Crippen LogP contribution in [-0.2, 0) is 0 Å². The van der Waals surface area contributed by atoms with Crippen LogP contribution >= 0.6 is 0 Å². The van der Waals surface area contributed by atoms with Crippen molar-refractivity contribution < 1.29 is 0 Å². The normalized spacial score (nSPS) is 39.9. The van der Waals surface area contributed by atoms with Crippen LogP contribution in [0.2, 0.25) is 0 Å². The molecule has 0 N–H and O–H groups in total. The molecule has 103 heavy (non-hydrogen) atoms. The van der Waals surface area contributed by atoms with Gasteiger partial charge in [-0.2, -0.15) is 0 Å². The van der Waals surface area contributed by atoms with Gasteiger partial charge in [-0.15, -0.1) is 0 Å². The number of fused-ring (bicyclic) bond motifs is 8. The first-order valence-corrected chi connectivity index (χ1v) is 47.6. The van der Waals surface area contributed by atoms with Gasteiger partial charge < -0.3 is 0 Å². The van der Waals surface area contributed by atoms with E-state index in [-0.39, 0.29) is 0 Å². The zero-order valence-electron chi connectivity index (χ0n) is 74.4. The Morgan fingerprint density at radius 2 is 0.534 bits per heavy atom. The molecular formula is C103H184. The van der Waals surface area contributed by atoms with E-state index in [1.54, 1.807) is 89.0 Å². The molecule has 0 saturated heterocycles. The molecule has 0 amide bonds. The van der Waals surface area contributed by atoms with E-state index >= 15 is 0 Å². The lowest BCUT2D eigenvalue weighted by atomic mass is 9.61. The Hall–Kier alpha value is -0.520. The summed E-state index contributed by atoms with van der Waals surface area (Å²) in [5.41, 5.74) is 8.81. The summed E-state index contributed by atoms with van der Waals surface area (Å²) in [6.45, 7) is 57.5. The van der Waals surface area contributed by atoms with E-state index in [9.17, 15) is 0 Å². The van der Waals surface area contributed by atoms with Gasteiger partial charge in [-0.05, 0) is 404 Å². The fourth-order valence-corrected chi connectivity index (χ4v) is 25.9. The van der Waals surface area contributed by atoms with Crippen LogP contribution in [0.1, 0.15) is 436 Å². The maximum atomic E-state index is 2.55. The molecule has 0 heterocycles. The van der Waals surface area contributed by atoms with Crippen molar-refractivity contribution in [3.8, 4) is 0 Å². The van der Waals surface area contributed by atoms with E-state index in [4.69, 9.17) is 0 Å². The van der Waals surface area contributed by atoms with E-state index in [1.165, 1.54) is 186 Å². The van der Waals surface area contributed by atoms with Gasteiger partial charge in [0.25, 0.3) is 0 Å². The third-order valence-corrected chi connectivity index (χ3v) is 35.3. The standard InChI is InChI=1S/C14H26.C13H24.2C11H20.C11H18.2C11H20.C11H18.C10H18/c1-14(2,3)13-9-7-11-5-4-6-12(11)8-10-13;1-13(2,3)12-8-7-10-5-4-6-11(10)9-12;1-11(2,3)10-5-4-8-6-9(8)7-10;2*1-11(2,3)10-6-8-4-5-9(8)7-10;1-8(2)10-5-3-9-4-6-11(9)7-10;2*1-8(2)11-6-9-4-3-5-10(9)7-11;1-10(2,3)9-5-7-4-8(7)6-9/h11-13H,4-10H2,1-3H3;10-12H,4-9H2,1-3H3;2*8-10H,4-7H2,1-3H3;6,9-10H,4-5,7H2,1-3H3;2*8-11H,3-7H2,1-2H3;8,11H,3-7H2,1-2H3;7-9H,4-6H2,1-3H3. The minimum absolute atomic E-state index is 0.504. The average molecular weight is 1420 g/mol. The predicted molar refractivity (Wildman–Crippen MR) is 454 cm³/mol. The van der Waals surface area contributed by atoms with Gasteiger partial charge in [0.2, 0.25) is 0 Å². The van der Waals surface area contributed by atoms with E-state index in [0.717, 1.165) is 160 Å². The van der Waals surface area contributed by atoms with Gasteiger partial charge in [0.15, 0.2) is 0 Å². The molecule has 19 atom stereocenters. The smallest absolute Gasteiger partial charge is 0.0176 e. The first kappa shape index (κ1) is 84.9. The molecule has 0 heteroatoms. The molecule has 0 aromatic rings. The molecule has 0 aliphatic heterocycles. The molecular weight excluding hydrogens is 1240 g/mol. The highest BCUT2D eigenvalue weighted by molar-refractivity contribution is 5.26. The third-order valence-electron chi connectivity index (χ3n) is 35.3. The SMILES string of the molecule is CC(C)(C)C1C=C2CCC2C1.CC(C)(C)C1CC2CC2C1.CC(C)(C)C1CC2CCC2C1.CC(C)(C)C1CCC2CC2C1.CC(C)(C)C1CCC2CCCC2C1.CC(C)(C)C1CCC2CCCC2CC1.CC(C)C1CC2=C(CCC2)C1.CC(C)C1CC2CCCC2C1.CC(C)C1CCC2CCC2C1. The second-order valence-corrected chi connectivity index (χ2v) is 49.0. The number of hydrogen-bond donors (Lipinski definition) is 0. The van der Waals surface area contributed by atoms with Crippen molar-refractivity contribution in [2.75, 3.05) is 0 Å². The molecule has 19 unspecified atom stereocenters. The molecule has 0 aromatic heterocycles. The van der Waals surface area contributed by atoms with Crippen LogP contribution in [0, 0.1) is 192 Å². The van der Waals surface area contributed by atoms with Crippen molar-refractivity contribution in [1.29, 1.82) is 0 Å². The van der Waals surface area contributed by atoms with Crippen LogP contribution in [0.15, 0.2) is 22.8 Å². The fourth-order valence-electron chi connectivity index (χ4n) is 25.9. The van der Waals surface area contributed by atoms with Crippen molar-refractivity contribution in [2.45, 2.75) is 436 Å². The van der Waals surface area contributed by atoms with E-state index in [1.807, 2.05) is 11.1 Å². The zero-order chi connectivity index (χ0) is 74.7. The summed E-state index contributed by atoms with van der Waals surface area (Å²) in [6, 6.07) is 0. The lowest BCUT2D eigenvalue weighted by molar-refractivity contribution is 0.0630. The van der Waals surface area contributed by atoms with Crippen LogP contribution < -0.4 is 0 Å². The zero-order valence-corrected chi connectivity index (χ0v) is 74.4. The minimum Gasteiger partial charge on any atom is -0.0814 e. The Morgan fingerprint density at radius 1 is 0.233 bits per heavy atom. The largest absolute Gasteiger partial charge is 0.0814 e. The van der Waals surface area contributed by atoms with Crippen LogP contribution in [0.4, 0.5) is 0 Å². The lowest BCUT2D eigenvalue weighted by Crippen LogP contribution is -2.34. The highest BCUT2D eigenvalue weighted by Crippen LogP contribution is 2.60. The third kappa shape index (κ3) is 24.3. The molecule has 18 aliphatic carbocycles. The first-order chi connectivity index (χ1) is 48.2. The van der Waals surface area contributed by atoms with Crippen LogP contribution in [-0.4, -0.2) is 0 Å². The van der Waals surface area contributed by atoms with Crippen molar-refractivity contribution in [3.05, 3.63) is 22.8 Å². The summed E-state index contributed by atoms with van der Waals surface area (Å²) in [4.78, 5) is 0. The quantitative estimate of drug-likeness (QED) is 0.247. The second kappa shape index (κ2) is 36.1. The van der Waals surface area contributed by atoms with Gasteiger partial charge in [-0.1, -0.05) is 247 Å². The molecule has 15 fully saturated rings. The summed E-state index contributed by atoms with van der Waals surface area (Å²) in [7, 11) is 0. The number of rotatable bonds is 3. The van der Waals surface area contributed by atoms with E-state index in [2.05, 4.69) is 172 Å². The van der Waals surface area contributed by atoms with Gasteiger partial charge in [-0.3, -0.25) is 0 Å². The van der Waals surface area contributed by atoms with Gasteiger partial charge in [0.1, 0.15) is 0 Å². The Kier molecular flexibility index (Phi) is 29.8. The predicted octanol–water partition coefficient (Wildman–Crippen LogP) is 32.8. The molecule has 596 valence electrons. The van der Waals surface area contributed by atoms with Gasteiger partial charge >= 0.3 is 0 Å². The summed E-state index contributed by atoms with van der Waals surface area (Å²) >= 11 is 0. The van der Waals surface area contributed by atoms with Crippen molar-refractivity contribution >= 4 is 0 Å². The van der Waals surface area contributed by atoms with E-state index < -0.39 is 0 Å². The Morgan fingerprint density at radius 3 is 0.893 bits per heavy atom. The molecule has 18 aliphatic rings. The second-order valence-electron chi connectivity index (χ2n) is 49.0. The topological polar surface area (TPSA) is 0 Å². The molecule has 0 spiro atoms. The molecule has 15 saturated carbocycles. The summed E-state index contributed by atoms with van der Waals surface area (Å²) in [5.74, 6) is 28.8. The van der Waals surface area contributed by atoms with E-state index in [0.29, 0.717) is 32.5 Å². The molecule has 0 nitrogen and oxygen atoms in total. The van der Waals surface area contributed by atoms with Gasteiger partial charge in [-0.25, -0.2) is 0 Å². The molecule has 18 rings (SSSR count). The number of allylic oxidation sites excluding steroid dienone is 4. The van der Waals surface area contributed by atoms with Crippen molar-refractivity contribution in [2.24, 2.45) is 192 Å². The molecule has 0 aromatic carbocycles.